The summed E-state index contributed by atoms with van der Waals surface area (Å²) in [4.78, 5) is 55.0. The number of carbonyl (C=O) groups is 4. The molecule has 2 aromatic carbocycles. The lowest BCUT2D eigenvalue weighted by Crippen LogP contribution is -2.47. The van der Waals surface area contributed by atoms with Gasteiger partial charge in [-0.2, -0.15) is 10.1 Å². The second-order valence-electron chi connectivity index (χ2n) is 16.8. The van der Waals surface area contributed by atoms with E-state index in [1.165, 1.54) is 19.2 Å². The zero-order valence-electron chi connectivity index (χ0n) is 36.7. The minimum Gasteiger partial charge on any atom is -0.444 e. The quantitative estimate of drug-likeness (QED) is 0.0528. The van der Waals surface area contributed by atoms with Gasteiger partial charge in [0.2, 0.25) is 11.8 Å². The van der Waals surface area contributed by atoms with Crippen molar-refractivity contribution in [2.45, 2.75) is 116 Å². The topological polar surface area (TPSA) is 180 Å². The number of hydrazone groups is 1. The van der Waals surface area contributed by atoms with Crippen molar-refractivity contribution < 1.29 is 52.1 Å². The van der Waals surface area contributed by atoms with Gasteiger partial charge in [0.1, 0.15) is 28.2 Å². The summed E-state index contributed by atoms with van der Waals surface area (Å²) in [5.41, 5.74) is -0.0595. The first-order valence-corrected chi connectivity index (χ1v) is 21.4. The van der Waals surface area contributed by atoms with Gasteiger partial charge in [-0.1, -0.05) is 69.3 Å². The fourth-order valence-electron chi connectivity index (χ4n) is 6.32. The molecular weight excluding hydrogens is 815 g/mol. The predicted molar refractivity (Wildman–Crippen MR) is 229 cm³/mol. The molecule has 1 heterocycles. The van der Waals surface area contributed by atoms with E-state index < -0.39 is 46.6 Å². The van der Waals surface area contributed by atoms with Gasteiger partial charge in [0, 0.05) is 45.1 Å². The number of rotatable bonds is 23. The Morgan fingerprint density at radius 2 is 1.57 bits per heavy atom. The number of aliphatic hydroxyl groups is 1. The van der Waals surface area contributed by atoms with Gasteiger partial charge in [-0.3, -0.25) is 14.4 Å². The largest absolute Gasteiger partial charge is 0.444 e. The van der Waals surface area contributed by atoms with Gasteiger partial charge < -0.3 is 35.3 Å². The molecular formula is C43H64F2N6O9S. The molecule has 15 nitrogen and oxygen atoms in total. The van der Waals surface area contributed by atoms with Gasteiger partial charge in [0.25, 0.3) is 0 Å². The Morgan fingerprint density at radius 1 is 0.902 bits per heavy atom. The summed E-state index contributed by atoms with van der Waals surface area (Å²) >= 11 is 1.13. The Labute approximate surface area is 362 Å². The highest BCUT2D eigenvalue weighted by Gasteiger charge is 2.49. The third-order valence-corrected chi connectivity index (χ3v) is 10.6. The number of aliphatic hydroxyl groups excluding tert-OH is 1. The number of benzene rings is 2. The van der Waals surface area contributed by atoms with Crippen LogP contribution in [0.15, 0.2) is 53.6 Å². The van der Waals surface area contributed by atoms with Crippen LogP contribution >= 0.6 is 11.8 Å². The van der Waals surface area contributed by atoms with Crippen molar-refractivity contribution >= 4 is 40.7 Å². The van der Waals surface area contributed by atoms with Gasteiger partial charge in [-0.05, 0) is 82.1 Å². The Balaban J connectivity index is 1.39. The number of hydrogen-bond donors (Lipinski definition) is 4. The van der Waals surface area contributed by atoms with Crippen LogP contribution in [-0.4, -0.2) is 109 Å². The van der Waals surface area contributed by atoms with E-state index in [1.807, 2.05) is 71.9 Å². The lowest BCUT2D eigenvalue weighted by atomic mass is 9.89. The standard InChI is InChI=1S/C43H64F2N6O9S/c1-41(2,3)27-32(28-52)59-37(60-42(4,5)6)29-58-39(55)48-25-21-36(54)46-23-14-10-13-18-35(53)47-24-15-22-43(30-16-11-9-12-17-30)51(40(56)50(7)57-8)49-38(61-43)33-26-31(44)19-20-34(33)45/h9,11-12,16-17,19-20,26,32,37,52H,10,13-15,18,21-25,27-29H2,1-8H3,(H,46,54)(H,47,53)(H,48,55). The first-order valence-electron chi connectivity index (χ1n) is 20.6. The molecule has 3 rings (SSSR count). The summed E-state index contributed by atoms with van der Waals surface area (Å²) in [5, 5.41) is 24.9. The number of amides is 5. The molecule has 3 unspecified atom stereocenters. The molecule has 1 aliphatic heterocycles. The molecule has 2 aromatic rings. The number of urea groups is 1. The van der Waals surface area contributed by atoms with E-state index in [0.29, 0.717) is 50.6 Å². The number of ether oxygens (including phenoxy) is 3. The minimum absolute atomic E-state index is 0.0439. The van der Waals surface area contributed by atoms with Crippen LogP contribution in [0.4, 0.5) is 18.4 Å². The van der Waals surface area contributed by atoms with Gasteiger partial charge in [0.05, 0.1) is 25.4 Å². The van der Waals surface area contributed by atoms with E-state index in [4.69, 9.17) is 19.0 Å². The predicted octanol–water partition coefficient (Wildman–Crippen LogP) is 6.79. The maximum absolute atomic E-state index is 14.9. The summed E-state index contributed by atoms with van der Waals surface area (Å²) in [7, 11) is 2.76. The number of carbonyl (C=O) groups excluding carboxylic acids is 4. The zero-order chi connectivity index (χ0) is 45.2. The van der Waals surface area contributed by atoms with E-state index in [2.05, 4.69) is 21.1 Å². The fraction of sp³-hybridized carbons (Fsp3) is 0.605. The molecule has 0 fully saturated rings. The van der Waals surface area contributed by atoms with E-state index in [-0.39, 0.29) is 67.0 Å². The molecule has 18 heteroatoms. The lowest BCUT2D eigenvalue weighted by Gasteiger charge is -2.37. The second kappa shape index (κ2) is 24.3. The smallest absolute Gasteiger partial charge is 0.407 e. The highest BCUT2D eigenvalue weighted by molar-refractivity contribution is 8.15. The first kappa shape index (κ1) is 51.0. The molecule has 340 valence electrons. The van der Waals surface area contributed by atoms with E-state index in [9.17, 15) is 33.1 Å². The van der Waals surface area contributed by atoms with Crippen molar-refractivity contribution in [2.24, 2.45) is 10.5 Å². The highest BCUT2D eigenvalue weighted by Crippen LogP contribution is 2.51. The van der Waals surface area contributed by atoms with Crippen molar-refractivity contribution in [3.05, 3.63) is 71.3 Å². The van der Waals surface area contributed by atoms with Crippen molar-refractivity contribution in [3.63, 3.8) is 0 Å². The summed E-state index contributed by atoms with van der Waals surface area (Å²) in [6, 6.07) is 11.6. The van der Waals surface area contributed by atoms with E-state index in [1.54, 1.807) is 0 Å². The van der Waals surface area contributed by atoms with Crippen LogP contribution < -0.4 is 16.0 Å². The molecule has 0 aliphatic carbocycles. The number of nitrogens with zero attached hydrogens (tertiary/aromatic N) is 3. The number of nitrogens with one attached hydrogen (secondary N) is 3. The number of thioether (sulfide) groups is 1. The van der Waals surface area contributed by atoms with Crippen LogP contribution in [-0.2, 0) is 33.5 Å². The SMILES string of the molecule is CON(C)C(=O)N1N=C(c2cc(F)ccc2F)SC1(CCCNC(=O)CCCCCNC(=O)CCNC(=O)OCC(OC(CO)CC(C)(C)C)OC(C)(C)C)c1ccccc1. The molecule has 0 spiro atoms. The molecule has 1 aliphatic rings. The minimum atomic E-state index is -1.16. The van der Waals surface area contributed by atoms with E-state index >= 15 is 0 Å². The van der Waals surface area contributed by atoms with Gasteiger partial charge in [-0.25, -0.2) is 23.4 Å². The fourth-order valence-corrected chi connectivity index (χ4v) is 7.74. The maximum atomic E-state index is 14.9. The molecule has 3 atom stereocenters. The summed E-state index contributed by atoms with van der Waals surface area (Å²) < 4.78 is 46.3. The molecule has 0 saturated heterocycles. The summed E-state index contributed by atoms with van der Waals surface area (Å²) in [5.74, 6) is -1.73. The Hall–Kier alpha value is -4.36. The van der Waals surface area contributed by atoms with Crippen LogP contribution in [0.2, 0.25) is 0 Å². The third kappa shape index (κ3) is 17.5. The highest BCUT2D eigenvalue weighted by atomic mass is 32.2. The molecule has 5 amide bonds. The average Bonchev–Trinajstić information content (AvgIpc) is 3.59. The average molecular weight is 879 g/mol. The zero-order valence-corrected chi connectivity index (χ0v) is 37.5. The van der Waals surface area contributed by atoms with E-state index in [0.717, 1.165) is 35.0 Å². The third-order valence-electron chi connectivity index (χ3n) is 9.17. The molecule has 61 heavy (non-hydrogen) atoms. The van der Waals surface area contributed by atoms with Gasteiger partial charge in [-0.15, -0.1) is 0 Å². The van der Waals surface area contributed by atoms with Crippen LogP contribution in [0, 0.1) is 17.0 Å². The normalized spacial score (nSPS) is 16.4. The molecule has 0 radical (unpaired) electrons. The number of hydrogen-bond acceptors (Lipinski definition) is 11. The molecule has 0 aromatic heterocycles. The van der Waals surface area contributed by atoms with Crippen LogP contribution in [0.1, 0.15) is 104 Å². The Kier molecular flexibility index (Phi) is 20.3. The van der Waals surface area contributed by atoms with Gasteiger partial charge in [0.15, 0.2) is 6.29 Å². The number of hydroxylamine groups is 2. The summed E-state index contributed by atoms with van der Waals surface area (Å²) in [6.45, 7) is 12.0. The Morgan fingerprint density at radius 3 is 2.21 bits per heavy atom. The van der Waals surface area contributed by atoms with Crippen LogP contribution in [0.5, 0.6) is 0 Å². The van der Waals surface area contributed by atoms with Crippen LogP contribution in [0.3, 0.4) is 0 Å². The van der Waals surface area contributed by atoms with Crippen molar-refractivity contribution in [1.29, 1.82) is 0 Å². The summed E-state index contributed by atoms with van der Waals surface area (Å²) in [6.07, 6.45) is 1.44. The lowest BCUT2D eigenvalue weighted by molar-refractivity contribution is -0.236. The second-order valence-corrected chi connectivity index (χ2v) is 18.1. The molecule has 4 N–H and O–H groups in total. The maximum Gasteiger partial charge on any atom is 0.407 e. The number of alkyl carbamates (subject to hydrolysis) is 1. The van der Waals surface area contributed by atoms with Crippen LogP contribution in [0.25, 0.3) is 0 Å². The first-order chi connectivity index (χ1) is 28.8. The molecule has 0 saturated carbocycles. The molecule has 0 bridgehead atoms. The number of unbranched alkanes of at least 4 members (excludes halogenated alkanes) is 2. The monoisotopic (exact) mass is 878 g/mol. The van der Waals surface area contributed by atoms with Crippen molar-refractivity contribution in [2.75, 3.05) is 47.0 Å². The Bertz CT molecular complexity index is 1760. The van der Waals surface area contributed by atoms with Crippen molar-refractivity contribution in [1.82, 2.24) is 26.0 Å². The van der Waals surface area contributed by atoms with Crippen molar-refractivity contribution in [3.8, 4) is 0 Å². The van der Waals surface area contributed by atoms with Gasteiger partial charge >= 0.3 is 12.1 Å². The number of halogens is 2.